The van der Waals surface area contributed by atoms with Crippen molar-refractivity contribution in [3.63, 3.8) is 0 Å². The van der Waals surface area contributed by atoms with Gasteiger partial charge in [0.25, 0.3) is 0 Å². The molecular formula is C83H108Cl2FN18O10P3S2. The fourth-order valence-electron chi connectivity index (χ4n) is 14.9. The van der Waals surface area contributed by atoms with Crippen LogP contribution in [0, 0.1) is 5.82 Å². The third-order valence-electron chi connectivity index (χ3n) is 21.8. The summed E-state index contributed by atoms with van der Waals surface area (Å²) >= 11 is 12.8. The Morgan fingerprint density at radius 2 is 0.891 bits per heavy atom. The summed E-state index contributed by atoms with van der Waals surface area (Å²) in [5.74, 6) is 3.94. The van der Waals surface area contributed by atoms with Crippen molar-refractivity contribution in [3.8, 4) is 17.2 Å². The molecule has 5 fully saturated rings. The number of piperidine rings is 2. The number of piperazine rings is 2. The number of hydrogen-bond donors (Lipinski definition) is 6. The highest BCUT2D eigenvalue weighted by Crippen LogP contribution is 2.46. The van der Waals surface area contributed by atoms with Crippen molar-refractivity contribution >= 4 is 161 Å². The van der Waals surface area contributed by atoms with E-state index in [-0.39, 0.29) is 21.7 Å². The number of aromatic nitrogens is 6. The number of nitrogens with one attached hydrogen (secondary N) is 6. The molecule has 1 saturated carbocycles. The van der Waals surface area contributed by atoms with Crippen LogP contribution in [0.2, 0.25) is 10.0 Å². The lowest BCUT2D eigenvalue weighted by atomic mass is 10.0. The van der Waals surface area contributed by atoms with Crippen molar-refractivity contribution in [1.29, 1.82) is 0 Å². The summed E-state index contributed by atoms with van der Waals surface area (Å²) in [6.07, 6.45) is 12.5. The monoisotopic (exact) mass is 1760 g/mol. The lowest BCUT2D eigenvalue weighted by molar-refractivity contribution is 0.0982. The first kappa shape index (κ1) is 89.6. The molecular weight excluding hydrogens is 1660 g/mol. The molecule has 14 rings (SSSR count). The van der Waals surface area contributed by atoms with Crippen LogP contribution in [-0.2, 0) is 33.6 Å². The van der Waals surface area contributed by atoms with Crippen LogP contribution >= 0.6 is 44.6 Å². The molecule has 1 aliphatic carbocycles. The van der Waals surface area contributed by atoms with Gasteiger partial charge in [0.15, 0.2) is 21.5 Å². The second kappa shape index (κ2) is 38.6. The number of hydrogen-bond acceptors (Lipinski definition) is 27. The van der Waals surface area contributed by atoms with E-state index in [2.05, 4.69) is 101 Å². The molecule has 638 valence electrons. The summed E-state index contributed by atoms with van der Waals surface area (Å²) in [6, 6.07) is 37.0. The van der Waals surface area contributed by atoms with Gasteiger partial charge in [-0.05, 0) is 190 Å². The average Bonchev–Trinajstić information content (AvgIpc) is 1.66. The van der Waals surface area contributed by atoms with Crippen LogP contribution in [0.5, 0.6) is 17.2 Å². The summed E-state index contributed by atoms with van der Waals surface area (Å²) in [7, 11) is -7.26. The summed E-state index contributed by atoms with van der Waals surface area (Å²) < 4.78 is 120. The molecule has 36 heteroatoms. The van der Waals surface area contributed by atoms with Gasteiger partial charge in [-0.1, -0.05) is 47.5 Å². The van der Waals surface area contributed by atoms with E-state index in [1.807, 2.05) is 48.5 Å². The Bertz CT molecular complexity index is 5490. The quantitative estimate of drug-likeness (QED) is 0.0274. The molecule has 4 saturated heterocycles. The molecule has 9 aromatic rings. The second-order valence-electron chi connectivity index (χ2n) is 31.8. The zero-order valence-corrected chi connectivity index (χ0v) is 75.4. The molecule has 0 spiro atoms. The number of anilines is 14. The standard InChI is InChI=1S/C29H38ClFN7O2P.C29H39ClN7O4PS.C25H31N4O4PS/c1-36-13-15-38(16-14-36)21-9-11-37(12-10-21)22-6-7-24(26(18-22)40-2)34-29-32-19-23(30)28(35-29)33-25-17-20(31)5-8-27(25)41(3,4)39;1-41-26-19-22(35-13-11-21(12-14-35)36-15-17-37(18-16-36)43(4,39)40)9-10-24(26)33-29-31-20-23(30)28(34-29)32-25-7-5-6-8-27(25)42(2,3)38;1-16(2)35(31,32)23-9-7-6-8-21(23)27-24-19(17-10-11-17)15-26-25(29-24)28-20-13-12-18(34(4,5)30)14-22(20)33-3/h5-8,17-19,21H,9-16H2,1-4H3,(H2,32,33,34,35);5-10,19-21H,11-18H2,1-4H3,(H2,31,32,33,34);6-9,12-17H,10-11H2,1-5H3,(H2,26,27,28,29). The van der Waals surface area contributed by atoms with E-state index in [0.29, 0.717) is 116 Å². The Kier molecular flexibility index (Phi) is 29.0. The molecule has 4 aliphatic heterocycles. The summed E-state index contributed by atoms with van der Waals surface area (Å²) in [5.41, 5.74) is 6.71. The predicted octanol–water partition coefficient (Wildman–Crippen LogP) is 14.9. The molecule has 119 heavy (non-hydrogen) atoms. The third kappa shape index (κ3) is 23.1. The summed E-state index contributed by atoms with van der Waals surface area (Å²) in [6.45, 7) is 24.6. The van der Waals surface area contributed by atoms with Crippen LogP contribution in [-0.4, -0.2) is 236 Å². The minimum atomic E-state index is -3.49. The topological polar surface area (TPSA) is 316 Å². The zero-order valence-electron chi connectivity index (χ0n) is 69.6. The predicted molar refractivity (Wildman–Crippen MR) is 483 cm³/mol. The number of rotatable bonds is 26. The van der Waals surface area contributed by atoms with Gasteiger partial charge in [0, 0.05) is 142 Å². The maximum absolute atomic E-state index is 14.0. The van der Waals surface area contributed by atoms with E-state index in [1.165, 1.54) is 36.8 Å². The lowest BCUT2D eigenvalue weighted by Gasteiger charge is -2.42. The van der Waals surface area contributed by atoms with E-state index in [4.69, 9.17) is 42.4 Å². The second-order valence-corrected chi connectivity index (χ2v) is 46.6. The van der Waals surface area contributed by atoms with E-state index < -0.39 is 52.4 Å². The molecule has 0 radical (unpaired) electrons. The summed E-state index contributed by atoms with van der Waals surface area (Å²) in [4.78, 5) is 39.4. The molecule has 0 unspecified atom stereocenters. The number of likely N-dealkylation sites (N-methyl/N-ethyl adjacent to an activating group) is 1. The third-order valence-corrected chi connectivity index (χ3v) is 30.5. The molecule has 28 nitrogen and oxygen atoms in total. The van der Waals surface area contributed by atoms with E-state index in [0.717, 1.165) is 132 Å². The average molecular weight is 1760 g/mol. The van der Waals surface area contributed by atoms with Crippen LogP contribution < -0.4 is 71.8 Å². The summed E-state index contributed by atoms with van der Waals surface area (Å²) in [5, 5.41) is 21.2. The minimum absolute atomic E-state index is 0.241. The van der Waals surface area contributed by atoms with Gasteiger partial charge < -0.3 is 74.5 Å². The Balaban J connectivity index is 0.000000165. The van der Waals surface area contributed by atoms with Crippen LogP contribution in [0.1, 0.15) is 63.9 Å². The van der Waals surface area contributed by atoms with Crippen molar-refractivity contribution in [2.24, 2.45) is 0 Å². The molecule has 6 N–H and O–H groups in total. The van der Waals surface area contributed by atoms with Gasteiger partial charge >= 0.3 is 0 Å². The number of nitrogens with zero attached hydrogens (tertiary/aromatic N) is 12. The largest absolute Gasteiger partial charge is 0.495 e. The molecule has 0 atom stereocenters. The first-order chi connectivity index (χ1) is 56.5. The number of sulfonamides is 1. The number of methoxy groups -OCH3 is 3. The van der Waals surface area contributed by atoms with Crippen LogP contribution in [0.15, 0.2) is 145 Å². The lowest BCUT2D eigenvalue weighted by Crippen LogP contribution is -2.54. The van der Waals surface area contributed by atoms with Gasteiger partial charge in [0.05, 0.1) is 84.2 Å². The zero-order chi connectivity index (χ0) is 85.3. The highest BCUT2D eigenvalue weighted by atomic mass is 35.5. The molecule has 0 bridgehead atoms. The SMILES string of the molecule is COc1cc(N2CCC(N3CCN(C)CC3)CC2)ccc1Nc1ncc(Cl)c(Nc2cc(F)ccc2P(C)(C)=O)n1.COc1cc(N2CCC(N3CCN(S(C)(=O)=O)CC3)CC2)ccc1Nc1ncc(Cl)c(Nc2ccccc2P(C)(C)=O)n1.COc1cc(P(C)(C)=O)ccc1Nc1ncc(C2CC2)c(Nc2ccccc2S(=O)(=O)C(C)C)n1. The number of para-hydroxylation sites is 2. The Hall–Kier alpha value is -8.70. The fraction of sp³-hybridized carbons (Fsp3) is 0.422. The van der Waals surface area contributed by atoms with E-state index >= 15 is 0 Å². The van der Waals surface area contributed by atoms with Crippen LogP contribution in [0.25, 0.3) is 0 Å². The molecule has 6 aromatic carbocycles. The molecule has 0 amide bonds. The highest BCUT2D eigenvalue weighted by Gasteiger charge is 2.34. The highest BCUT2D eigenvalue weighted by molar-refractivity contribution is 7.92. The van der Waals surface area contributed by atoms with E-state index in [1.54, 1.807) is 128 Å². The Labute approximate surface area is 708 Å². The first-order valence-corrected chi connectivity index (χ1v) is 51.6. The van der Waals surface area contributed by atoms with Crippen molar-refractivity contribution < 1.29 is 49.1 Å². The van der Waals surface area contributed by atoms with Gasteiger partial charge in [0.2, 0.25) is 27.9 Å². The van der Waals surface area contributed by atoms with Crippen molar-refractivity contribution in [1.82, 2.24) is 48.9 Å². The molecule has 7 heterocycles. The van der Waals surface area contributed by atoms with Gasteiger partial charge in [-0.15, -0.1) is 0 Å². The van der Waals surface area contributed by atoms with Crippen LogP contribution in [0.4, 0.5) is 85.2 Å². The maximum Gasteiger partial charge on any atom is 0.229 e. The molecule has 5 aliphatic rings. The van der Waals surface area contributed by atoms with Gasteiger partial charge in [0.1, 0.15) is 60.4 Å². The number of benzene rings is 6. The first-order valence-electron chi connectivity index (χ1n) is 39.6. The van der Waals surface area contributed by atoms with Crippen molar-refractivity contribution in [2.75, 3.05) is 195 Å². The van der Waals surface area contributed by atoms with Gasteiger partial charge in [-0.2, -0.15) is 19.3 Å². The van der Waals surface area contributed by atoms with Gasteiger partial charge in [-0.25, -0.2) is 36.2 Å². The number of ether oxygens (including phenoxy) is 3. The Morgan fingerprint density at radius 3 is 1.36 bits per heavy atom. The fourth-order valence-corrected chi connectivity index (χ4v) is 20.3. The van der Waals surface area contributed by atoms with E-state index in [9.17, 15) is 34.9 Å². The van der Waals surface area contributed by atoms with Crippen molar-refractivity contribution in [3.05, 3.63) is 161 Å². The normalized spacial score (nSPS) is 16.5. The maximum atomic E-state index is 14.0. The Morgan fingerprint density at radius 1 is 0.462 bits per heavy atom. The molecule has 3 aromatic heterocycles. The van der Waals surface area contributed by atoms with Gasteiger partial charge in [-0.3, -0.25) is 9.80 Å². The van der Waals surface area contributed by atoms with Crippen LogP contribution in [0.3, 0.4) is 0 Å². The minimum Gasteiger partial charge on any atom is -0.495 e. The smallest absolute Gasteiger partial charge is 0.229 e. The van der Waals surface area contributed by atoms with Crippen molar-refractivity contribution in [2.45, 2.75) is 80.5 Å². The number of halogens is 3. The number of sulfone groups is 1.